The second-order valence-corrected chi connectivity index (χ2v) is 4.91. The lowest BCUT2D eigenvalue weighted by Gasteiger charge is -2.09. The van der Waals surface area contributed by atoms with E-state index in [1.165, 1.54) is 24.3 Å². The lowest BCUT2D eigenvalue weighted by Crippen LogP contribution is -2.02. The maximum atomic E-state index is 13.6. The Morgan fingerprint density at radius 1 is 1.38 bits per heavy atom. The maximum absolute atomic E-state index is 13.6. The van der Waals surface area contributed by atoms with Gasteiger partial charge in [-0.25, -0.2) is 4.39 Å². The van der Waals surface area contributed by atoms with Crippen molar-refractivity contribution in [3.05, 3.63) is 67.9 Å². The first-order valence-corrected chi connectivity index (χ1v) is 6.56. The smallest absolute Gasteiger partial charge is 0.312 e. The van der Waals surface area contributed by atoms with Gasteiger partial charge in [-0.15, -0.1) is 0 Å². The molecule has 0 aromatic heterocycles. The van der Waals surface area contributed by atoms with E-state index in [0.29, 0.717) is 4.47 Å². The fourth-order valence-electron chi connectivity index (χ4n) is 1.69. The summed E-state index contributed by atoms with van der Waals surface area (Å²) in [7, 11) is 0. The predicted molar refractivity (Wildman–Crippen MR) is 76.2 cm³/mol. The van der Waals surface area contributed by atoms with Crippen molar-refractivity contribution in [3.8, 4) is 11.8 Å². The molecule has 0 spiro atoms. The molecule has 7 heteroatoms. The van der Waals surface area contributed by atoms with Crippen LogP contribution in [0.15, 0.2) is 40.9 Å². The molecule has 2 rings (SSSR count). The van der Waals surface area contributed by atoms with Crippen LogP contribution in [0.3, 0.4) is 0 Å². The minimum absolute atomic E-state index is 0.0178. The second kappa shape index (κ2) is 6.33. The highest BCUT2D eigenvalue weighted by Gasteiger charge is 2.18. The predicted octanol–water partition coefficient (Wildman–Crippen LogP) is 3.95. The van der Waals surface area contributed by atoms with Crippen LogP contribution in [0.4, 0.5) is 10.1 Å². The molecule has 0 aliphatic carbocycles. The molecule has 0 bridgehead atoms. The second-order valence-electron chi connectivity index (χ2n) is 4.05. The third kappa shape index (κ3) is 3.35. The van der Waals surface area contributed by atoms with E-state index in [0.717, 1.165) is 6.07 Å². The molecular weight excluding hydrogens is 343 g/mol. The van der Waals surface area contributed by atoms with Gasteiger partial charge in [0, 0.05) is 11.6 Å². The molecule has 0 heterocycles. The molecule has 106 valence electrons. The zero-order valence-electron chi connectivity index (χ0n) is 10.5. The van der Waals surface area contributed by atoms with E-state index >= 15 is 0 Å². The van der Waals surface area contributed by atoms with Crippen LogP contribution in [0, 0.1) is 27.3 Å². The van der Waals surface area contributed by atoms with E-state index in [9.17, 15) is 14.5 Å². The highest BCUT2D eigenvalue weighted by molar-refractivity contribution is 9.10. The summed E-state index contributed by atoms with van der Waals surface area (Å²) in [6.07, 6.45) is 0. The molecule has 0 saturated heterocycles. The van der Waals surface area contributed by atoms with Crippen molar-refractivity contribution < 1.29 is 14.1 Å². The van der Waals surface area contributed by atoms with Crippen molar-refractivity contribution in [2.24, 2.45) is 0 Å². The van der Waals surface area contributed by atoms with Crippen LogP contribution < -0.4 is 4.74 Å². The zero-order valence-corrected chi connectivity index (χ0v) is 12.1. The van der Waals surface area contributed by atoms with Crippen LogP contribution in [-0.2, 0) is 6.61 Å². The summed E-state index contributed by atoms with van der Waals surface area (Å²) in [5.41, 5.74) is 0.219. The van der Waals surface area contributed by atoms with Gasteiger partial charge in [0.25, 0.3) is 0 Å². The highest BCUT2D eigenvalue weighted by Crippen LogP contribution is 2.35. The lowest BCUT2D eigenvalue weighted by atomic mass is 10.1. The first-order valence-electron chi connectivity index (χ1n) is 5.77. The minimum Gasteiger partial charge on any atom is -0.481 e. The third-order valence-corrected chi connectivity index (χ3v) is 3.31. The van der Waals surface area contributed by atoms with E-state index < -0.39 is 10.7 Å². The number of nitro groups is 1. The first kappa shape index (κ1) is 14.9. The van der Waals surface area contributed by atoms with Crippen molar-refractivity contribution in [1.29, 1.82) is 5.26 Å². The largest absolute Gasteiger partial charge is 0.481 e. The Hall–Kier alpha value is -2.46. The molecule has 0 amide bonds. The Balaban J connectivity index is 2.29. The standard InChI is InChI=1S/C14H8BrFN2O3/c15-11-2-1-3-13(18(19)20)14(11)21-8-10-6-9(7-17)4-5-12(10)16/h1-6H,8H2. The summed E-state index contributed by atoms with van der Waals surface area (Å²) in [6.45, 7) is -0.217. The average molecular weight is 351 g/mol. The number of halogens is 2. The number of hydrogen-bond acceptors (Lipinski definition) is 4. The number of hydrogen-bond donors (Lipinski definition) is 0. The fraction of sp³-hybridized carbons (Fsp3) is 0.0714. The summed E-state index contributed by atoms with van der Waals surface area (Å²) in [4.78, 5) is 10.4. The van der Waals surface area contributed by atoms with Gasteiger partial charge in [-0.05, 0) is 40.2 Å². The Labute approximate surface area is 127 Å². The molecule has 2 aromatic carbocycles. The molecule has 0 unspecified atom stereocenters. The molecule has 0 fully saturated rings. The van der Waals surface area contributed by atoms with Crippen molar-refractivity contribution in [1.82, 2.24) is 0 Å². The summed E-state index contributed by atoms with van der Waals surface area (Å²) in [5.74, 6) is -0.520. The monoisotopic (exact) mass is 350 g/mol. The summed E-state index contributed by atoms with van der Waals surface area (Å²) in [6, 6.07) is 10.1. The van der Waals surface area contributed by atoms with Crippen molar-refractivity contribution >= 4 is 21.6 Å². The van der Waals surface area contributed by atoms with E-state index in [4.69, 9.17) is 10.00 Å². The quantitative estimate of drug-likeness (QED) is 0.617. The fourth-order valence-corrected chi connectivity index (χ4v) is 2.16. The lowest BCUT2D eigenvalue weighted by molar-refractivity contribution is -0.386. The van der Waals surface area contributed by atoms with Crippen LogP contribution in [0.25, 0.3) is 0 Å². The first-order chi connectivity index (χ1) is 10.0. The number of rotatable bonds is 4. The van der Waals surface area contributed by atoms with Gasteiger partial charge in [0.05, 0.1) is 21.0 Å². The molecule has 0 N–H and O–H groups in total. The normalized spacial score (nSPS) is 9.95. The molecule has 2 aromatic rings. The molecular formula is C14H8BrFN2O3. The number of nitrogens with zero attached hydrogens (tertiary/aromatic N) is 2. The summed E-state index contributed by atoms with van der Waals surface area (Å²) < 4.78 is 19.4. The molecule has 0 radical (unpaired) electrons. The molecule has 0 saturated carbocycles. The molecule has 0 aliphatic rings. The summed E-state index contributed by atoms with van der Waals surface area (Å²) >= 11 is 3.16. The van der Waals surface area contributed by atoms with E-state index in [-0.39, 0.29) is 29.2 Å². The van der Waals surface area contributed by atoms with Crippen molar-refractivity contribution in [3.63, 3.8) is 0 Å². The highest BCUT2D eigenvalue weighted by atomic mass is 79.9. The van der Waals surface area contributed by atoms with Crippen LogP contribution in [0.1, 0.15) is 11.1 Å². The average Bonchev–Trinajstić information content (AvgIpc) is 2.47. The topological polar surface area (TPSA) is 76.2 Å². The molecule has 0 aliphatic heterocycles. The Morgan fingerprint density at radius 2 is 2.14 bits per heavy atom. The van der Waals surface area contributed by atoms with Crippen LogP contribution >= 0.6 is 15.9 Å². The van der Waals surface area contributed by atoms with Gasteiger partial charge in [0.15, 0.2) is 0 Å². The van der Waals surface area contributed by atoms with Gasteiger partial charge >= 0.3 is 5.69 Å². The van der Waals surface area contributed by atoms with Gasteiger partial charge in [0.1, 0.15) is 12.4 Å². The number of nitro benzene ring substituents is 1. The maximum Gasteiger partial charge on any atom is 0.312 e. The van der Waals surface area contributed by atoms with Gasteiger partial charge in [-0.3, -0.25) is 10.1 Å². The van der Waals surface area contributed by atoms with E-state index in [2.05, 4.69) is 15.9 Å². The van der Waals surface area contributed by atoms with Crippen molar-refractivity contribution in [2.45, 2.75) is 6.61 Å². The SMILES string of the molecule is N#Cc1ccc(F)c(COc2c(Br)cccc2[N+](=O)[O-])c1. The molecule has 0 atom stereocenters. The van der Waals surface area contributed by atoms with Gasteiger partial charge in [-0.1, -0.05) is 6.07 Å². The number of ether oxygens (including phenoxy) is 1. The van der Waals surface area contributed by atoms with Crippen molar-refractivity contribution in [2.75, 3.05) is 0 Å². The number of benzene rings is 2. The Morgan fingerprint density at radius 3 is 2.81 bits per heavy atom. The van der Waals surface area contributed by atoms with Gasteiger partial charge in [0.2, 0.25) is 5.75 Å². The molecule has 21 heavy (non-hydrogen) atoms. The van der Waals surface area contributed by atoms with E-state index in [1.54, 1.807) is 6.07 Å². The number of para-hydroxylation sites is 1. The molecule has 5 nitrogen and oxygen atoms in total. The minimum atomic E-state index is -0.581. The number of nitriles is 1. The zero-order chi connectivity index (χ0) is 15.4. The Bertz CT molecular complexity index is 743. The van der Waals surface area contributed by atoms with Crippen LogP contribution in [-0.4, -0.2) is 4.92 Å². The van der Waals surface area contributed by atoms with Crippen LogP contribution in [0.5, 0.6) is 5.75 Å². The van der Waals surface area contributed by atoms with Gasteiger partial charge < -0.3 is 4.74 Å². The third-order valence-electron chi connectivity index (χ3n) is 2.69. The summed E-state index contributed by atoms with van der Waals surface area (Å²) in [5, 5.41) is 19.7. The van der Waals surface area contributed by atoms with Crippen LogP contribution in [0.2, 0.25) is 0 Å². The van der Waals surface area contributed by atoms with E-state index in [1.807, 2.05) is 6.07 Å². The Kier molecular flexibility index (Phi) is 4.50. The van der Waals surface area contributed by atoms with Gasteiger partial charge in [-0.2, -0.15) is 5.26 Å².